The molecule has 0 aliphatic carbocycles. The van der Waals surface area contributed by atoms with Crippen molar-refractivity contribution in [3.05, 3.63) is 33.7 Å². The topological polar surface area (TPSA) is 61.6 Å². The van der Waals surface area contributed by atoms with Crippen LogP contribution in [0.25, 0.3) is 0 Å². The fourth-order valence-electron chi connectivity index (χ4n) is 1.18. The minimum atomic E-state index is 0.435. The predicted molar refractivity (Wildman–Crippen MR) is 66.7 cm³/mol. The Morgan fingerprint density at radius 1 is 1.31 bits per heavy atom. The Morgan fingerprint density at radius 2 is 2.06 bits per heavy atom. The van der Waals surface area contributed by atoms with Crippen molar-refractivity contribution < 1.29 is 0 Å². The van der Waals surface area contributed by atoms with E-state index >= 15 is 0 Å². The fourth-order valence-corrected chi connectivity index (χ4v) is 2.21. The molecular weight excluding hydrogens is 288 g/mol. The zero-order valence-electron chi connectivity index (χ0n) is 8.14. The minimum absolute atomic E-state index is 0.435. The van der Waals surface area contributed by atoms with Crippen molar-refractivity contribution in [2.24, 2.45) is 0 Å². The second-order valence-electron chi connectivity index (χ2n) is 3.02. The van der Waals surface area contributed by atoms with Crippen LogP contribution >= 0.6 is 27.3 Å². The highest BCUT2D eigenvalue weighted by Gasteiger charge is 2.01. The molecule has 0 spiro atoms. The largest absolute Gasteiger partial charge is 0.330 e. The Hall–Kier alpha value is -1.45. The monoisotopic (exact) mass is 294 g/mol. The molecule has 0 atom stereocenters. The second-order valence-corrected chi connectivity index (χ2v) is 5.27. The van der Waals surface area contributed by atoms with Crippen molar-refractivity contribution in [2.45, 2.75) is 6.42 Å². The molecule has 1 aromatic carbocycles. The summed E-state index contributed by atoms with van der Waals surface area (Å²) in [6, 6.07) is 9.78. The Balaban J connectivity index is 2.08. The van der Waals surface area contributed by atoms with Crippen LogP contribution in [-0.2, 0) is 6.42 Å². The number of benzene rings is 1. The van der Waals surface area contributed by atoms with Crippen LogP contribution in [-0.4, -0.2) is 10.2 Å². The molecule has 1 heterocycles. The number of hydrogen-bond donors (Lipinski definition) is 1. The van der Waals surface area contributed by atoms with Gasteiger partial charge in [0.25, 0.3) is 0 Å². The first-order valence-corrected chi connectivity index (χ1v) is 6.11. The minimum Gasteiger partial charge on any atom is -0.330 e. The Kier molecular flexibility index (Phi) is 3.49. The highest BCUT2D eigenvalue weighted by Crippen LogP contribution is 2.23. The van der Waals surface area contributed by atoms with Crippen molar-refractivity contribution in [1.29, 1.82) is 5.26 Å². The maximum atomic E-state index is 8.54. The van der Waals surface area contributed by atoms with Gasteiger partial charge in [0, 0.05) is 5.69 Å². The smallest absolute Gasteiger partial charge is 0.210 e. The third kappa shape index (κ3) is 2.78. The lowest BCUT2D eigenvalue weighted by Gasteiger charge is -2.01. The molecule has 6 heteroatoms. The number of aromatic nitrogens is 2. The summed E-state index contributed by atoms with van der Waals surface area (Å²) in [4.78, 5) is 0. The molecule has 0 bridgehead atoms. The predicted octanol–water partition coefficient (Wildman–Crippen LogP) is 3.11. The summed E-state index contributed by atoms with van der Waals surface area (Å²) in [5.74, 6) is 0. The molecule has 0 saturated heterocycles. The molecule has 2 rings (SSSR count). The lowest BCUT2D eigenvalue weighted by Crippen LogP contribution is -1.90. The standard InChI is InChI=1S/C10H7BrN4S/c11-9-14-15-10(16-9)13-8-3-1-7(2-4-8)5-6-12/h1-4H,5H2,(H,13,15). The van der Waals surface area contributed by atoms with Gasteiger partial charge in [0.1, 0.15) is 0 Å². The van der Waals surface area contributed by atoms with Gasteiger partial charge in [0.2, 0.25) is 5.13 Å². The molecule has 16 heavy (non-hydrogen) atoms. The molecule has 0 fully saturated rings. The van der Waals surface area contributed by atoms with Gasteiger partial charge < -0.3 is 5.32 Å². The van der Waals surface area contributed by atoms with E-state index in [1.165, 1.54) is 11.3 Å². The quantitative estimate of drug-likeness (QED) is 0.945. The third-order valence-corrected chi connectivity index (χ3v) is 3.16. The van der Waals surface area contributed by atoms with Crippen molar-refractivity contribution in [2.75, 3.05) is 5.32 Å². The van der Waals surface area contributed by atoms with Gasteiger partial charge in [-0.1, -0.05) is 23.5 Å². The molecule has 2 aromatic rings. The molecule has 0 unspecified atom stereocenters. The number of nitriles is 1. The van der Waals surface area contributed by atoms with Gasteiger partial charge in [-0.15, -0.1) is 10.2 Å². The van der Waals surface area contributed by atoms with E-state index in [9.17, 15) is 0 Å². The van der Waals surface area contributed by atoms with E-state index in [4.69, 9.17) is 5.26 Å². The maximum absolute atomic E-state index is 8.54. The van der Waals surface area contributed by atoms with Crippen LogP contribution in [0.2, 0.25) is 0 Å². The second kappa shape index (κ2) is 5.05. The zero-order chi connectivity index (χ0) is 11.4. The van der Waals surface area contributed by atoms with E-state index in [2.05, 4.69) is 37.5 Å². The first kappa shape index (κ1) is 11.0. The number of rotatable bonds is 3. The molecule has 4 nitrogen and oxygen atoms in total. The molecule has 1 aromatic heterocycles. The van der Waals surface area contributed by atoms with Crippen molar-refractivity contribution >= 4 is 38.1 Å². The third-order valence-electron chi connectivity index (χ3n) is 1.89. The summed E-state index contributed by atoms with van der Waals surface area (Å²) < 4.78 is 0.746. The summed E-state index contributed by atoms with van der Waals surface area (Å²) in [7, 11) is 0. The zero-order valence-corrected chi connectivity index (χ0v) is 10.5. The van der Waals surface area contributed by atoms with E-state index in [0.29, 0.717) is 6.42 Å². The van der Waals surface area contributed by atoms with Crippen LogP contribution in [0.5, 0.6) is 0 Å². The average molecular weight is 295 g/mol. The average Bonchev–Trinajstić information content (AvgIpc) is 2.67. The molecule has 80 valence electrons. The molecular formula is C10H7BrN4S. The van der Waals surface area contributed by atoms with Crippen molar-refractivity contribution in [3.63, 3.8) is 0 Å². The lowest BCUT2D eigenvalue weighted by atomic mass is 10.1. The van der Waals surface area contributed by atoms with Crippen molar-refractivity contribution in [3.8, 4) is 6.07 Å². The van der Waals surface area contributed by atoms with E-state index in [-0.39, 0.29) is 0 Å². The number of anilines is 2. The molecule has 1 N–H and O–H groups in total. The summed E-state index contributed by atoms with van der Waals surface area (Å²) in [6.45, 7) is 0. The van der Waals surface area contributed by atoms with E-state index in [0.717, 1.165) is 20.3 Å². The summed E-state index contributed by atoms with van der Waals surface area (Å²) in [5, 5.41) is 20.2. The molecule has 0 saturated carbocycles. The van der Waals surface area contributed by atoms with Gasteiger partial charge in [-0.3, -0.25) is 0 Å². The van der Waals surface area contributed by atoms with Crippen molar-refractivity contribution in [1.82, 2.24) is 10.2 Å². The van der Waals surface area contributed by atoms with Gasteiger partial charge >= 0.3 is 0 Å². The molecule has 0 radical (unpaired) electrons. The number of nitrogens with zero attached hydrogens (tertiary/aromatic N) is 3. The molecule has 0 amide bonds. The fraction of sp³-hybridized carbons (Fsp3) is 0.100. The summed E-state index contributed by atoms with van der Waals surface area (Å²) >= 11 is 4.67. The van der Waals surface area contributed by atoms with Gasteiger partial charge in [-0.25, -0.2) is 0 Å². The number of hydrogen-bond acceptors (Lipinski definition) is 5. The lowest BCUT2D eigenvalue weighted by molar-refractivity contribution is 1.07. The van der Waals surface area contributed by atoms with E-state index in [1.807, 2.05) is 24.3 Å². The van der Waals surface area contributed by atoms with Crippen LogP contribution in [0.4, 0.5) is 10.8 Å². The van der Waals surface area contributed by atoms with E-state index in [1.54, 1.807) is 0 Å². The van der Waals surface area contributed by atoms with Gasteiger partial charge in [-0.05, 0) is 33.6 Å². The highest BCUT2D eigenvalue weighted by molar-refractivity contribution is 9.11. The molecule has 0 aliphatic heterocycles. The van der Waals surface area contributed by atoms with Crippen LogP contribution in [0.15, 0.2) is 28.2 Å². The summed E-state index contributed by atoms with van der Waals surface area (Å²) in [6.07, 6.45) is 0.435. The van der Waals surface area contributed by atoms with Crippen LogP contribution in [0.3, 0.4) is 0 Å². The van der Waals surface area contributed by atoms with Gasteiger partial charge in [0.05, 0.1) is 12.5 Å². The maximum Gasteiger partial charge on any atom is 0.210 e. The Morgan fingerprint density at radius 3 is 2.62 bits per heavy atom. The first-order valence-electron chi connectivity index (χ1n) is 4.50. The molecule has 0 aliphatic rings. The highest BCUT2D eigenvalue weighted by atomic mass is 79.9. The first-order chi connectivity index (χ1) is 7.78. The van der Waals surface area contributed by atoms with Crippen LogP contribution < -0.4 is 5.32 Å². The normalized spacial score (nSPS) is 9.75. The number of halogens is 1. The van der Waals surface area contributed by atoms with Crippen LogP contribution in [0, 0.1) is 11.3 Å². The van der Waals surface area contributed by atoms with Crippen LogP contribution in [0.1, 0.15) is 5.56 Å². The van der Waals surface area contributed by atoms with Gasteiger partial charge in [0.15, 0.2) is 3.92 Å². The summed E-state index contributed by atoms with van der Waals surface area (Å²) in [5.41, 5.74) is 1.94. The van der Waals surface area contributed by atoms with E-state index < -0.39 is 0 Å². The Bertz CT molecular complexity index is 514. The van der Waals surface area contributed by atoms with Gasteiger partial charge in [-0.2, -0.15) is 5.26 Å². The SMILES string of the molecule is N#CCc1ccc(Nc2nnc(Br)s2)cc1. The number of nitrogens with one attached hydrogen (secondary N) is 1. The Labute approximate surface area is 105 Å².